The quantitative estimate of drug-likeness (QED) is 0.842. The third kappa shape index (κ3) is 2.69. The zero-order valence-electron chi connectivity index (χ0n) is 11.0. The zero-order chi connectivity index (χ0) is 12.3. The minimum absolute atomic E-state index is 0.653. The predicted octanol–water partition coefficient (Wildman–Crippen LogP) is 1.46. The molecular formula is C13H24N4. The van der Waals surface area contributed by atoms with Gasteiger partial charge in [0.15, 0.2) is 0 Å². The second kappa shape index (κ2) is 5.65. The molecule has 0 radical (unpaired) electrons. The molecule has 4 nitrogen and oxygen atoms in total. The smallest absolute Gasteiger partial charge is 0.0524 e. The monoisotopic (exact) mass is 236 g/mol. The molecule has 96 valence electrons. The second-order valence-corrected chi connectivity index (χ2v) is 5.05. The van der Waals surface area contributed by atoms with Gasteiger partial charge in [-0.25, -0.2) is 0 Å². The number of hydrogen-bond acceptors (Lipinski definition) is 3. The Labute approximate surface area is 104 Å². The van der Waals surface area contributed by atoms with Gasteiger partial charge in [-0.2, -0.15) is 5.10 Å². The van der Waals surface area contributed by atoms with Crippen LogP contribution in [0.4, 0.5) is 0 Å². The van der Waals surface area contributed by atoms with Crippen molar-refractivity contribution in [1.29, 1.82) is 0 Å². The van der Waals surface area contributed by atoms with Crippen molar-refractivity contribution >= 4 is 0 Å². The van der Waals surface area contributed by atoms with Crippen LogP contribution in [0.2, 0.25) is 0 Å². The van der Waals surface area contributed by atoms with Gasteiger partial charge < -0.3 is 5.73 Å². The van der Waals surface area contributed by atoms with Crippen LogP contribution in [0.1, 0.15) is 31.9 Å². The molecule has 0 bridgehead atoms. The Balaban J connectivity index is 1.99. The topological polar surface area (TPSA) is 47.1 Å². The van der Waals surface area contributed by atoms with Crippen LogP contribution in [0.25, 0.3) is 0 Å². The summed E-state index contributed by atoms with van der Waals surface area (Å²) in [5, 5.41) is 4.32. The van der Waals surface area contributed by atoms with Crippen LogP contribution in [-0.2, 0) is 13.1 Å². The van der Waals surface area contributed by atoms with Crippen molar-refractivity contribution in [3.8, 4) is 0 Å². The van der Waals surface area contributed by atoms with Gasteiger partial charge in [-0.05, 0) is 45.3 Å². The Bertz CT molecular complexity index is 347. The lowest BCUT2D eigenvalue weighted by molar-refractivity contribution is 0.188. The van der Waals surface area contributed by atoms with Crippen molar-refractivity contribution in [2.45, 2.75) is 45.3 Å². The van der Waals surface area contributed by atoms with E-state index in [4.69, 9.17) is 5.73 Å². The summed E-state index contributed by atoms with van der Waals surface area (Å²) in [5.41, 5.74) is 7.15. The number of aryl methyl sites for hydroxylation is 1. The molecule has 0 spiro atoms. The molecule has 4 heteroatoms. The van der Waals surface area contributed by atoms with E-state index in [1.54, 1.807) is 0 Å². The van der Waals surface area contributed by atoms with E-state index in [1.807, 2.05) is 6.20 Å². The van der Waals surface area contributed by atoms with Gasteiger partial charge in [0.05, 0.1) is 5.69 Å². The largest absolute Gasteiger partial charge is 0.330 e. The number of nitrogens with two attached hydrogens (primary N) is 1. The minimum atomic E-state index is 0.653. The molecule has 1 fully saturated rings. The first-order chi connectivity index (χ1) is 8.26. The molecule has 0 saturated heterocycles. The summed E-state index contributed by atoms with van der Waals surface area (Å²) >= 11 is 0. The van der Waals surface area contributed by atoms with Crippen LogP contribution in [0.15, 0.2) is 12.3 Å². The highest BCUT2D eigenvalue weighted by atomic mass is 15.3. The molecule has 2 atom stereocenters. The fourth-order valence-electron chi connectivity index (χ4n) is 3.02. The first-order valence-corrected chi connectivity index (χ1v) is 6.67. The standard InChI is InChI=1S/C13H24N4/c1-3-17-12(7-8-15-17)10-16(2)13-6-4-5-11(13)9-14/h7-8,11,13H,3-6,9-10,14H2,1-2H3. The Hall–Kier alpha value is -0.870. The first-order valence-electron chi connectivity index (χ1n) is 6.67. The molecule has 0 aromatic carbocycles. The molecule has 1 aliphatic rings. The molecule has 0 aliphatic heterocycles. The second-order valence-electron chi connectivity index (χ2n) is 5.05. The van der Waals surface area contributed by atoms with Gasteiger partial charge in [0.1, 0.15) is 0 Å². The summed E-state index contributed by atoms with van der Waals surface area (Å²) in [7, 11) is 2.21. The summed E-state index contributed by atoms with van der Waals surface area (Å²) in [4.78, 5) is 2.45. The van der Waals surface area contributed by atoms with Crippen molar-refractivity contribution < 1.29 is 0 Å². The lowest BCUT2D eigenvalue weighted by Crippen LogP contribution is -2.37. The molecule has 2 unspecified atom stereocenters. The normalized spacial score (nSPS) is 24.7. The Morgan fingerprint density at radius 3 is 3.06 bits per heavy atom. The number of hydrogen-bond donors (Lipinski definition) is 1. The molecule has 1 heterocycles. The Kier molecular flexibility index (Phi) is 4.18. The summed E-state index contributed by atoms with van der Waals surface area (Å²) in [6.07, 6.45) is 5.79. The minimum Gasteiger partial charge on any atom is -0.330 e. The van der Waals surface area contributed by atoms with Gasteiger partial charge in [-0.3, -0.25) is 9.58 Å². The molecule has 1 aromatic heterocycles. The highest BCUT2D eigenvalue weighted by Crippen LogP contribution is 2.29. The summed E-state index contributed by atoms with van der Waals surface area (Å²) in [6.45, 7) is 4.88. The van der Waals surface area contributed by atoms with Gasteiger partial charge in [0.2, 0.25) is 0 Å². The summed E-state index contributed by atoms with van der Waals surface area (Å²) < 4.78 is 2.07. The zero-order valence-corrected chi connectivity index (χ0v) is 11.0. The van der Waals surface area contributed by atoms with Gasteiger partial charge in [0.25, 0.3) is 0 Å². The SMILES string of the molecule is CCn1nccc1CN(C)C1CCCC1CN. The predicted molar refractivity (Wildman–Crippen MR) is 69.6 cm³/mol. The van der Waals surface area contributed by atoms with Gasteiger partial charge in [-0.15, -0.1) is 0 Å². The number of aromatic nitrogens is 2. The molecule has 1 saturated carbocycles. The maximum absolute atomic E-state index is 5.85. The average Bonchev–Trinajstić information content (AvgIpc) is 2.96. The highest BCUT2D eigenvalue weighted by Gasteiger charge is 2.29. The van der Waals surface area contributed by atoms with Crippen molar-refractivity contribution in [2.75, 3.05) is 13.6 Å². The van der Waals surface area contributed by atoms with Crippen molar-refractivity contribution in [1.82, 2.24) is 14.7 Å². The maximum Gasteiger partial charge on any atom is 0.0524 e. The van der Waals surface area contributed by atoms with Gasteiger partial charge in [-0.1, -0.05) is 6.42 Å². The fourth-order valence-corrected chi connectivity index (χ4v) is 3.02. The van der Waals surface area contributed by atoms with Gasteiger partial charge >= 0.3 is 0 Å². The van der Waals surface area contributed by atoms with E-state index in [2.05, 4.69) is 34.7 Å². The van der Waals surface area contributed by atoms with Crippen molar-refractivity contribution in [2.24, 2.45) is 11.7 Å². The van der Waals surface area contributed by atoms with Crippen LogP contribution in [0.3, 0.4) is 0 Å². The maximum atomic E-state index is 5.85. The van der Waals surface area contributed by atoms with Crippen LogP contribution in [0.5, 0.6) is 0 Å². The van der Waals surface area contributed by atoms with Crippen LogP contribution in [-0.4, -0.2) is 34.3 Å². The van der Waals surface area contributed by atoms with E-state index in [-0.39, 0.29) is 0 Å². The first kappa shape index (κ1) is 12.6. The lowest BCUT2D eigenvalue weighted by Gasteiger charge is -2.29. The third-order valence-corrected chi connectivity index (χ3v) is 4.00. The van der Waals surface area contributed by atoms with E-state index < -0.39 is 0 Å². The van der Waals surface area contributed by atoms with Gasteiger partial charge in [0, 0.05) is 25.3 Å². The molecule has 17 heavy (non-hydrogen) atoms. The fraction of sp³-hybridized carbons (Fsp3) is 0.769. The summed E-state index contributed by atoms with van der Waals surface area (Å²) in [5.74, 6) is 0.679. The Morgan fingerprint density at radius 2 is 2.35 bits per heavy atom. The van der Waals surface area contributed by atoms with Crippen LogP contribution in [0, 0.1) is 5.92 Å². The highest BCUT2D eigenvalue weighted by molar-refractivity contribution is 5.01. The molecule has 2 rings (SSSR count). The molecule has 1 aliphatic carbocycles. The van der Waals surface area contributed by atoms with Crippen molar-refractivity contribution in [3.63, 3.8) is 0 Å². The number of rotatable bonds is 5. The lowest BCUT2D eigenvalue weighted by atomic mass is 10.0. The van der Waals surface area contributed by atoms with Crippen LogP contribution >= 0.6 is 0 Å². The van der Waals surface area contributed by atoms with E-state index in [9.17, 15) is 0 Å². The van der Waals surface area contributed by atoms with E-state index in [0.29, 0.717) is 12.0 Å². The number of nitrogens with zero attached hydrogens (tertiary/aromatic N) is 3. The van der Waals surface area contributed by atoms with E-state index >= 15 is 0 Å². The van der Waals surface area contributed by atoms with Crippen LogP contribution < -0.4 is 5.73 Å². The third-order valence-electron chi connectivity index (χ3n) is 4.00. The van der Waals surface area contributed by atoms with E-state index in [0.717, 1.165) is 19.6 Å². The van der Waals surface area contributed by atoms with Crippen molar-refractivity contribution in [3.05, 3.63) is 18.0 Å². The molecule has 0 amide bonds. The molecular weight excluding hydrogens is 212 g/mol. The summed E-state index contributed by atoms with van der Waals surface area (Å²) in [6, 6.07) is 2.77. The molecule has 2 N–H and O–H groups in total. The van der Waals surface area contributed by atoms with E-state index in [1.165, 1.54) is 25.0 Å². The molecule has 1 aromatic rings. The Morgan fingerprint density at radius 1 is 1.53 bits per heavy atom. The average molecular weight is 236 g/mol.